The monoisotopic (exact) mass is 257 g/mol. The van der Waals surface area contributed by atoms with E-state index in [9.17, 15) is 5.11 Å². The first kappa shape index (κ1) is 12.8. The Hall–Kier alpha value is -0.690. The number of nitrogens with two attached hydrogens (primary N) is 1. The van der Waals surface area contributed by atoms with Crippen LogP contribution in [0.2, 0.25) is 0 Å². The molecule has 5 nitrogen and oxygen atoms in total. The Labute approximate surface area is 105 Å². The molecule has 0 unspecified atom stereocenters. The van der Waals surface area contributed by atoms with Gasteiger partial charge in [0.05, 0.1) is 30.4 Å². The van der Waals surface area contributed by atoms with Gasteiger partial charge < -0.3 is 20.5 Å². The summed E-state index contributed by atoms with van der Waals surface area (Å²) in [6, 6.07) is 0. The number of aromatic nitrogens is 1. The molecule has 1 fully saturated rings. The highest BCUT2D eigenvalue weighted by atomic mass is 32.1. The van der Waals surface area contributed by atoms with Gasteiger partial charge in [-0.15, -0.1) is 0 Å². The van der Waals surface area contributed by atoms with Crippen LogP contribution in [-0.4, -0.2) is 36.4 Å². The molecule has 17 heavy (non-hydrogen) atoms. The number of nitrogens with zero attached hydrogens (tertiary/aromatic N) is 2. The number of ether oxygens (including phenoxy) is 1. The number of hydrogen-bond acceptors (Lipinski definition) is 6. The Bertz CT molecular complexity index is 381. The van der Waals surface area contributed by atoms with Crippen LogP contribution in [0.4, 0.5) is 5.13 Å². The summed E-state index contributed by atoms with van der Waals surface area (Å²) in [5.74, 6) is 0. The topological polar surface area (TPSA) is 71.6 Å². The molecule has 0 saturated carbocycles. The molecule has 0 atom stereocenters. The average Bonchev–Trinajstić information content (AvgIpc) is 2.74. The Balaban J connectivity index is 2.27. The minimum Gasteiger partial charge on any atom is -0.390 e. The highest BCUT2D eigenvalue weighted by Crippen LogP contribution is 2.33. The molecule has 2 heterocycles. The predicted octanol–water partition coefficient (Wildman–Crippen LogP) is 0.666. The van der Waals surface area contributed by atoms with Gasteiger partial charge in [0.2, 0.25) is 0 Å². The van der Waals surface area contributed by atoms with Gasteiger partial charge in [0.1, 0.15) is 0 Å². The summed E-state index contributed by atoms with van der Waals surface area (Å²) < 4.78 is 5.31. The summed E-state index contributed by atoms with van der Waals surface area (Å²) in [6.07, 6.45) is 0. The molecule has 96 valence electrons. The summed E-state index contributed by atoms with van der Waals surface area (Å²) in [4.78, 5) is 7.62. The third-order valence-electron chi connectivity index (χ3n) is 2.70. The van der Waals surface area contributed by atoms with Crippen molar-refractivity contribution in [2.75, 3.05) is 31.2 Å². The van der Waals surface area contributed by atoms with E-state index in [4.69, 9.17) is 10.5 Å². The van der Waals surface area contributed by atoms with Gasteiger partial charge in [-0.05, 0) is 13.8 Å². The van der Waals surface area contributed by atoms with Crippen molar-refractivity contribution < 1.29 is 9.84 Å². The third kappa shape index (κ3) is 2.77. The summed E-state index contributed by atoms with van der Waals surface area (Å²) in [5, 5.41) is 10.3. The lowest BCUT2D eigenvalue weighted by atomic mass is 10.0. The lowest BCUT2D eigenvalue weighted by molar-refractivity contribution is 0.122. The maximum absolute atomic E-state index is 9.34. The number of aliphatic hydroxyl groups excluding tert-OH is 1. The van der Waals surface area contributed by atoms with Crippen LogP contribution in [0.15, 0.2) is 0 Å². The van der Waals surface area contributed by atoms with Crippen LogP contribution in [0, 0.1) is 0 Å². The van der Waals surface area contributed by atoms with Crippen LogP contribution in [-0.2, 0) is 16.9 Å². The number of morpholine rings is 1. The average molecular weight is 257 g/mol. The van der Waals surface area contributed by atoms with E-state index in [1.54, 1.807) is 11.3 Å². The molecule has 3 N–H and O–H groups in total. The number of thiazole rings is 1. The lowest BCUT2D eigenvalue weighted by Crippen LogP contribution is -2.36. The number of rotatable bonds is 3. The van der Waals surface area contributed by atoms with Crippen LogP contribution in [0.3, 0.4) is 0 Å². The van der Waals surface area contributed by atoms with E-state index in [0.29, 0.717) is 5.69 Å². The molecule has 1 aromatic rings. The Morgan fingerprint density at radius 1 is 1.47 bits per heavy atom. The fourth-order valence-electron chi connectivity index (χ4n) is 1.84. The molecule has 0 aromatic carbocycles. The van der Waals surface area contributed by atoms with Crippen molar-refractivity contribution in [2.24, 2.45) is 5.73 Å². The molecule has 1 aliphatic heterocycles. The van der Waals surface area contributed by atoms with Crippen LogP contribution >= 0.6 is 11.3 Å². The van der Waals surface area contributed by atoms with Crippen LogP contribution < -0.4 is 10.6 Å². The standard InChI is InChI=1S/C11H19N3O2S/c1-11(2,12)9-8(7-15)13-10(17-9)14-3-5-16-6-4-14/h15H,3-7,12H2,1-2H3. The van der Waals surface area contributed by atoms with Crippen molar-refractivity contribution in [3.63, 3.8) is 0 Å². The first-order chi connectivity index (χ1) is 8.02. The Kier molecular flexibility index (Phi) is 3.67. The lowest BCUT2D eigenvalue weighted by Gasteiger charge is -2.26. The molecule has 6 heteroatoms. The normalized spacial score (nSPS) is 17.5. The molecular formula is C11H19N3O2S. The molecule has 1 aromatic heterocycles. The van der Waals surface area contributed by atoms with Crippen LogP contribution in [0.25, 0.3) is 0 Å². The molecule has 1 saturated heterocycles. The largest absolute Gasteiger partial charge is 0.390 e. The molecule has 0 radical (unpaired) electrons. The molecule has 2 rings (SSSR count). The van der Waals surface area contributed by atoms with E-state index in [0.717, 1.165) is 36.3 Å². The SMILES string of the molecule is CC(C)(N)c1sc(N2CCOCC2)nc1CO. The molecule has 0 bridgehead atoms. The van der Waals surface area contributed by atoms with E-state index in [2.05, 4.69) is 9.88 Å². The maximum atomic E-state index is 9.34. The van der Waals surface area contributed by atoms with Crippen molar-refractivity contribution in [2.45, 2.75) is 26.0 Å². The van der Waals surface area contributed by atoms with Crippen LogP contribution in [0.1, 0.15) is 24.4 Å². The Morgan fingerprint density at radius 3 is 2.59 bits per heavy atom. The highest BCUT2D eigenvalue weighted by Gasteiger charge is 2.25. The zero-order chi connectivity index (χ0) is 12.5. The summed E-state index contributed by atoms with van der Waals surface area (Å²) in [5.41, 5.74) is 6.33. The zero-order valence-electron chi connectivity index (χ0n) is 10.3. The smallest absolute Gasteiger partial charge is 0.186 e. The molecular weight excluding hydrogens is 238 g/mol. The first-order valence-electron chi connectivity index (χ1n) is 5.75. The summed E-state index contributed by atoms with van der Waals surface area (Å²) in [6.45, 7) is 6.97. The molecule has 0 aliphatic carbocycles. The first-order valence-corrected chi connectivity index (χ1v) is 6.56. The van der Waals surface area contributed by atoms with Crippen molar-refractivity contribution in [1.82, 2.24) is 4.98 Å². The van der Waals surface area contributed by atoms with Gasteiger partial charge >= 0.3 is 0 Å². The maximum Gasteiger partial charge on any atom is 0.186 e. The number of anilines is 1. The molecule has 0 amide bonds. The van der Waals surface area contributed by atoms with E-state index < -0.39 is 5.54 Å². The quantitative estimate of drug-likeness (QED) is 0.832. The van der Waals surface area contributed by atoms with Gasteiger partial charge in [-0.1, -0.05) is 11.3 Å². The van der Waals surface area contributed by atoms with Crippen molar-refractivity contribution in [3.05, 3.63) is 10.6 Å². The van der Waals surface area contributed by atoms with Gasteiger partial charge in [0.25, 0.3) is 0 Å². The second-order valence-corrected chi connectivity index (χ2v) is 5.73. The summed E-state index contributed by atoms with van der Waals surface area (Å²) in [7, 11) is 0. The van der Waals surface area contributed by atoms with E-state index in [1.807, 2.05) is 13.8 Å². The van der Waals surface area contributed by atoms with Crippen molar-refractivity contribution in [3.8, 4) is 0 Å². The number of aliphatic hydroxyl groups is 1. The molecule has 0 spiro atoms. The minimum absolute atomic E-state index is 0.0587. The van der Waals surface area contributed by atoms with Crippen molar-refractivity contribution in [1.29, 1.82) is 0 Å². The van der Waals surface area contributed by atoms with E-state index >= 15 is 0 Å². The van der Waals surface area contributed by atoms with Crippen LogP contribution in [0.5, 0.6) is 0 Å². The fourth-order valence-corrected chi connectivity index (χ4v) is 2.98. The van der Waals surface area contributed by atoms with Crippen molar-refractivity contribution >= 4 is 16.5 Å². The fraction of sp³-hybridized carbons (Fsp3) is 0.727. The predicted molar refractivity (Wildman–Crippen MR) is 68.3 cm³/mol. The van der Waals surface area contributed by atoms with Gasteiger partial charge in [0.15, 0.2) is 5.13 Å². The van der Waals surface area contributed by atoms with E-state index in [1.165, 1.54) is 0 Å². The second-order valence-electron chi connectivity index (χ2n) is 4.75. The second kappa shape index (κ2) is 4.89. The van der Waals surface area contributed by atoms with Gasteiger partial charge in [-0.2, -0.15) is 0 Å². The third-order valence-corrected chi connectivity index (χ3v) is 4.20. The number of hydrogen-bond donors (Lipinski definition) is 2. The Morgan fingerprint density at radius 2 is 2.12 bits per heavy atom. The highest BCUT2D eigenvalue weighted by molar-refractivity contribution is 7.15. The van der Waals surface area contributed by atoms with Gasteiger partial charge in [-0.25, -0.2) is 4.98 Å². The van der Waals surface area contributed by atoms with Gasteiger partial charge in [-0.3, -0.25) is 0 Å². The van der Waals surface area contributed by atoms with E-state index in [-0.39, 0.29) is 6.61 Å². The van der Waals surface area contributed by atoms with Gasteiger partial charge in [0, 0.05) is 18.6 Å². The minimum atomic E-state index is -0.458. The zero-order valence-corrected chi connectivity index (χ0v) is 11.1. The molecule has 1 aliphatic rings. The summed E-state index contributed by atoms with van der Waals surface area (Å²) >= 11 is 1.57.